The monoisotopic (exact) mass is 319 g/mol. The molecule has 5 heteroatoms. The molecular weight excluding hydrogens is 305 g/mol. The smallest absolute Gasteiger partial charge is 0.337 e. The van der Waals surface area contributed by atoms with Crippen molar-refractivity contribution in [3.63, 3.8) is 0 Å². The molecule has 0 radical (unpaired) electrons. The highest BCUT2D eigenvalue weighted by Crippen LogP contribution is 2.30. The lowest BCUT2D eigenvalue weighted by Gasteiger charge is -2.13. The Bertz CT molecular complexity index is 421. The fraction of sp³-hybridized carbons (Fsp3) is 0.417. The summed E-state index contributed by atoms with van der Waals surface area (Å²) in [6, 6.07) is 3.14. The molecule has 0 saturated carbocycles. The third-order valence-corrected chi connectivity index (χ3v) is 3.15. The van der Waals surface area contributed by atoms with Gasteiger partial charge < -0.3 is 10.4 Å². The van der Waals surface area contributed by atoms with E-state index in [2.05, 4.69) is 35.1 Å². The van der Waals surface area contributed by atoms with E-state index in [1.807, 2.05) is 0 Å². The number of halogens is 2. The second-order valence-electron chi connectivity index (χ2n) is 4.22. The van der Waals surface area contributed by atoms with Crippen molar-refractivity contribution in [2.75, 3.05) is 11.9 Å². The largest absolute Gasteiger partial charge is 0.478 e. The van der Waals surface area contributed by atoms with E-state index in [1.54, 1.807) is 6.07 Å². The molecule has 3 nitrogen and oxygen atoms in total. The predicted octanol–water partition coefficient (Wildman–Crippen LogP) is 4.26. The molecule has 1 rings (SSSR count). The summed E-state index contributed by atoms with van der Waals surface area (Å²) in [5.74, 6) is -0.415. The molecule has 0 spiro atoms. The highest BCUT2D eigenvalue weighted by molar-refractivity contribution is 9.10. The minimum Gasteiger partial charge on any atom is -0.478 e. The number of hydrogen-bond acceptors (Lipinski definition) is 2. The third-order valence-electron chi connectivity index (χ3n) is 2.31. The zero-order chi connectivity index (χ0) is 13.0. The van der Waals surface area contributed by atoms with Crippen LogP contribution in [0.4, 0.5) is 5.69 Å². The molecule has 17 heavy (non-hydrogen) atoms. The summed E-state index contributed by atoms with van der Waals surface area (Å²) in [5, 5.41) is 12.6. The minimum absolute atomic E-state index is 0.188. The lowest BCUT2D eigenvalue weighted by Crippen LogP contribution is -2.10. The van der Waals surface area contributed by atoms with E-state index in [0.29, 0.717) is 21.1 Å². The summed E-state index contributed by atoms with van der Waals surface area (Å²) < 4.78 is 0.672. The molecule has 0 heterocycles. The molecule has 0 fully saturated rings. The van der Waals surface area contributed by atoms with Crippen LogP contribution in [0.15, 0.2) is 16.6 Å². The number of nitrogens with one attached hydrogen (secondary N) is 1. The van der Waals surface area contributed by atoms with Crippen LogP contribution in [0.3, 0.4) is 0 Å². The maximum absolute atomic E-state index is 11.1. The van der Waals surface area contributed by atoms with Crippen molar-refractivity contribution >= 4 is 39.2 Å². The molecule has 0 unspecified atom stereocenters. The van der Waals surface area contributed by atoms with Crippen LogP contribution >= 0.6 is 27.5 Å². The first-order valence-electron chi connectivity index (χ1n) is 5.38. The molecule has 0 aliphatic heterocycles. The first-order valence-corrected chi connectivity index (χ1v) is 6.55. The Morgan fingerprint density at radius 2 is 2.18 bits per heavy atom. The van der Waals surface area contributed by atoms with Gasteiger partial charge in [-0.2, -0.15) is 0 Å². The molecule has 0 aromatic heterocycles. The molecule has 1 aromatic carbocycles. The number of carboxylic acids is 1. The maximum atomic E-state index is 11.1. The van der Waals surface area contributed by atoms with E-state index in [4.69, 9.17) is 16.7 Å². The zero-order valence-electron chi connectivity index (χ0n) is 9.76. The van der Waals surface area contributed by atoms with Gasteiger partial charge in [-0.25, -0.2) is 4.79 Å². The van der Waals surface area contributed by atoms with E-state index < -0.39 is 5.97 Å². The number of anilines is 1. The number of carbonyl (C=O) groups is 1. The van der Waals surface area contributed by atoms with Crippen LogP contribution in [0.5, 0.6) is 0 Å². The van der Waals surface area contributed by atoms with Crippen LogP contribution in [0.25, 0.3) is 0 Å². The van der Waals surface area contributed by atoms with Crippen LogP contribution < -0.4 is 5.32 Å². The number of hydrogen-bond donors (Lipinski definition) is 2. The Kier molecular flexibility index (Phi) is 5.28. The minimum atomic E-state index is -0.986. The summed E-state index contributed by atoms with van der Waals surface area (Å²) in [6.07, 6.45) is 0.980. The fourth-order valence-electron chi connectivity index (χ4n) is 1.41. The molecule has 0 atom stereocenters. The van der Waals surface area contributed by atoms with Crippen LogP contribution in [-0.2, 0) is 0 Å². The van der Waals surface area contributed by atoms with Crippen LogP contribution in [0.2, 0.25) is 5.02 Å². The summed E-state index contributed by atoms with van der Waals surface area (Å²) in [6.45, 7) is 4.98. The van der Waals surface area contributed by atoms with E-state index in [0.717, 1.165) is 13.0 Å². The van der Waals surface area contributed by atoms with Gasteiger partial charge >= 0.3 is 5.97 Å². The van der Waals surface area contributed by atoms with Gasteiger partial charge in [-0.1, -0.05) is 25.4 Å². The molecular formula is C12H15BrClNO2. The number of carboxylic acid groups (broad SMARTS) is 1. The van der Waals surface area contributed by atoms with Gasteiger partial charge in [0.15, 0.2) is 0 Å². The number of rotatable bonds is 5. The van der Waals surface area contributed by atoms with Crippen molar-refractivity contribution in [1.29, 1.82) is 0 Å². The molecule has 0 aliphatic carbocycles. The molecule has 2 N–H and O–H groups in total. The van der Waals surface area contributed by atoms with E-state index in [9.17, 15) is 4.79 Å². The van der Waals surface area contributed by atoms with Crippen molar-refractivity contribution in [2.45, 2.75) is 20.3 Å². The van der Waals surface area contributed by atoms with Gasteiger partial charge in [-0.05, 0) is 40.4 Å². The predicted molar refractivity (Wildman–Crippen MR) is 74.1 cm³/mol. The summed E-state index contributed by atoms with van der Waals surface area (Å²) in [7, 11) is 0. The van der Waals surface area contributed by atoms with Gasteiger partial charge in [-0.15, -0.1) is 0 Å². The van der Waals surface area contributed by atoms with Crippen molar-refractivity contribution in [3.05, 3.63) is 27.2 Å². The molecule has 0 saturated heterocycles. The normalized spacial score (nSPS) is 10.6. The SMILES string of the molecule is CC(C)CCNc1c(Br)cc(Cl)cc1C(=O)O. The Labute approximate surface area is 114 Å². The molecule has 0 aliphatic rings. The third kappa shape index (κ3) is 4.21. The Morgan fingerprint density at radius 3 is 2.71 bits per heavy atom. The van der Waals surface area contributed by atoms with Gasteiger partial charge in [0, 0.05) is 16.0 Å². The van der Waals surface area contributed by atoms with Crippen molar-refractivity contribution in [1.82, 2.24) is 0 Å². The number of aromatic carboxylic acids is 1. The van der Waals surface area contributed by atoms with Crippen LogP contribution in [0, 0.1) is 5.92 Å². The standard InChI is InChI=1S/C12H15BrClNO2/c1-7(2)3-4-15-11-9(12(16)17)5-8(14)6-10(11)13/h5-7,15H,3-4H2,1-2H3,(H,16,17). The average Bonchev–Trinajstić information content (AvgIpc) is 2.19. The van der Waals surface area contributed by atoms with Crippen molar-refractivity contribution in [2.24, 2.45) is 5.92 Å². The highest BCUT2D eigenvalue weighted by Gasteiger charge is 2.14. The van der Waals surface area contributed by atoms with Gasteiger partial charge in [0.05, 0.1) is 11.3 Å². The van der Waals surface area contributed by atoms with Crippen molar-refractivity contribution in [3.8, 4) is 0 Å². The summed E-state index contributed by atoms with van der Waals surface area (Å²) >= 11 is 9.15. The van der Waals surface area contributed by atoms with Gasteiger partial charge in [-0.3, -0.25) is 0 Å². The van der Waals surface area contributed by atoms with Gasteiger partial charge in [0.1, 0.15) is 0 Å². The lowest BCUT2D eigenvalue weighted by atomic mass is 10.1. The second-order valence-corrected chi connectivity index (χ2v) is 5.52. The van der Waals surface area contributed by atoms with Gasteiger partial charge in [0.2, 0.25) is 0 Å². The van der Waals surface area contributed by atoms with Gasteiger partial charge in [0.25, 0.3) is 0 Å². The highest BCUT2D eigenvalue weighted by atomic mass is 79.9. The van der Waals surface area contributed by atoms with Crippen LogP contribution in [0.1, 0.15) is 30.6 Å². The second kappa shape index (κ2) is 6.26. The summed E-state index contributed by atoms with van der Waals surface area (Å²) in [5.41, 5.74) is 0.774. The fourth-order valence-corrected chi connectivity index (χ4v) is 2.36. The molecule has 94 valence electrons. The first-order chi connectivity index (χ1) is 7.91. The number of benzene rings is 1. The summed E-state index contributed by atoms with van der Waals surface area (Å²) in [4.78, 5) is 11.1. The first kappa shape index (κ1) is 14.3. The lowest BCUT2D eigenvalue weighted by molar-refractivity contribution is 0.0698. The van der Waals surface area contributed by atoms with E-state index >= 15 is 0 Å². The van der Waals surface area contributed by atoms with E-state index in [-0.39, 0.29) is 5.56 Å². The quantitative estimate of drug-likeness (QED) is 0.852. The van der Waals surface area contributed by atoms with Crippen LogP contribution in [-0.4, -0.2) is 17.6 Å². The Morgan fingerprint density at radius 1 is 1.53 bits per heavy atom. The molecule has 0 amide bonds. The maximum Gasteiger partial charge on any atom is 0.337 e. The van der Waals surface area contributed by atoms with Crippen molar-refractivity contribution < 1.29 is 9.90 Å². The molecule has 1 aromatic rings. The average molecular weight is 321 g/mol. The zero-order valence-corrected chi connectivity index (χ0v) is 12.1. The Balaban J connectivity index is 2.92. The topological polar surface area (TPSA) is 49.3 Å². The Hall–Kier alpha value is -0.740. The molecule has 0 bridgehead atoms. The van der Waals surface area contributed by atoms with E-state index in [1.165, 1.54) is 6.07 Å².